The Labute approximate surface area is 184 Å². The van der Waals surface area contributed by atoms with Crippen molar-refractivity contribution in [2.75, 3.05) is 0 Å². The lowest BCUT2D eigenvalue weighted by molar-refractivity contribution is 0.00652. The van der Waals surface area contributed by atoms with Gasteiger partial charge in [-0.2, -0.15) is 4.98 Å². The summed E-state index contributed by atoms with van der Waals surface area (Å²) in [4.78, 5) is 15.8. The number of rotatable bonds is 4. The van der Waals surface area contributed by atoms with Crippen molar-refractivity contribution in [3.63, 3.8) is 0 Å². The third-order valence-electron chi connectivity index (χ3n) is 6.23. The topological polar surface area (TPSA) is 102 Å². The number of halogens is 1. The molecule has 2 aromatic heterocycles. The maximum absolute atomic E-state index is 14.7. The number of aromatic nitrogens is 4. The molecule has 0 aliphatic carbocycles. The molecule has 2 bridgehead atoms. The molecule has 2 unspecified atom stereocenters. The van der Waals surface area contributed by atoms with Crippen LogP contribution in [0.15, 0.2) is 47.4 Å². The van der Waals surface area contributed by atoms with Crippen LogP contribution in [0.2, 0.25) is 0 Å². The zero-order valence-corrected chi connectivity index (χ0v) is 17.6. The number of phenolic OH excluding ortho intramolecular Hbond substituents is 1. The van der Waals surface area contributed by atoms with Crippen LogP contribution in [0.3, 0.4) is 0 Å². The number of fused-ring (bicyclic) bond motifs is 2. The van der Waals surface area contributed by atoms with E-state index < -0.39 is 12.3 Å². The highest BCUT2D eigenvalue weighted by Crippen LogP contribution is 2.33. The fourth-order valence-corrected chi connectivity index (χ4v) is 4.49. The third kappa shape index (κ3) is 3.95. The lowest BCUT2D eigenvalue weighted by Gasteiger charge is -2.42. The van der Waals surface area contributed by atoms with Crippen LogP contribution < -0.4 is 15.7 Å². The molecule has 1 aromatic carbocycles. The highest BCUT2D eigenvalue weighted by atomic mass is 19.1. The lowest BCUT2D eigenvalue weighted by Crippen LogP contribution is -2.59. The molecule has 0 saturated carbocycles. The average molecular weight is 437 g/mol. The number of aryl methyl sites for hydroxylation is 1. The van der Waals surface area contributed by atoms with Crippen LogP contribution in [0.25, 0.3) is 22.5 Å². The molecule has 2 aliphatic rings. The smallest absolute Gasteiger partial charge is 0.347 e. The van der Waals surface area contributed by atoms with Gasteiger partial charge in [-0.05, 0) is 37.1 Å². The Morgan fingerprint density at radius 3 is 2.78 bits per heavy atom. The van der Waals surface area contributed by atoms with Crippen molar-refractivity contribution in [1.82, 2.24) is 25.1 Å². The van der Waals surface area contributed by atoms with E-state index in [1.54, 1.807) is 43.6 Å². The summed E-state index contributed by atoms with van der Waals surface area (Å²) in [6, 6.07) is 10.1. The fraction of sp³-hybridized carbons (Fsp3) is 0.391. The van der Waals surface area contributed by atoms with Crippen LogP contribution >= 0.6 is 0 Å². The quantitative estimate of drug-likeness (QED) is 0.647. The van der Waals surface area contributed by atoms with Crippen molar-refractivity contribution in [1.29, 1.82) is 0 Å². The minimum Gasteiger partial charge on any atom is -0.507 e. The second-order valence-corrected chi connectivity index (χ2v) is 8.43. The number of aromatic hydroxyl groups is 1. The summed E-state index contributed by atoms with van der Waals surface area (Å²) in [6.07, 6.45) is 3.53. The highest BCUT2D eigenvalue weighted by molar-refractivity contribution is 5.72. The van der Waals surface area contributed by atoms with Gasteiger partial charge in [0.2, 0.25) is 5.88 Å². The molecular weight excluding hydrogens is 413 g/mol. The van der Waals surface area contributed by atoms with Crippen molar-refractivity contribution in [3.05, 3.63) is 53.1 Å². The third-order valence-corrected chi connectivity index (χ3v) is 6.23. The minimum absolute atomic E-state index is 0.0112. The first-order valence-corrected chi connectivity index (χ1v) is 10.8. The zero-order chi connectivity index (χ0) is 22.2. The molecule has 0 radical (unpaired) electrons. The van der Waals surface area contributed by atoms with Crippen LogP contribution in [0.5, 0.6) is 11.6 Å². The summed E-state index contributed by atoms with van der Waals surface area (Å²) < 4.78 is 21.9. The molecule has 9 heteroatoms. The zero-order valence-electron chi connectivity index (χ0n) is 17.6. The Morgan fingerprint density at radius 2 is 2.03 bits per heavy atom. The van der Waals surface area contributed by atoms with Crippen LogP contribution in [0, 0.1) is 0 Å². The van der Waals surface area contributed by atoms with Gasteiger partial charge in [0.15, 0.2) is 6.17 Å². The molecule has 166 valence electrons. The van der Waals surface area contributed by atoms with E-state index >= 15 is 0 Å². The first-order chi connectivity index (χ1) is 15.5. The Balaban J connectivity index is 1.32. The van der Waals surface area contributed by atoms with Gasteiger partial charge in [-0.3, -0.25) is 0 Å². The Morgan fingerprint density at radius 1 is 1.16 bits per heavy atom. The van der Waals surface area contributed by atoms with Gasteiger partial charge >= 0.3 is 5.69 Å². The van der Waals surface area contributed by atoms with E-state index in [0.717, 1.165) is 19.3 Å². The van der Waals surface area contributed by atoms with Gasteiger partial charge in [0.1, 0.15) is 11.9 Å². The Hall–Kier alpha value is -3.33. The minimum atomic E-state index is -1.08. The number of hydrogen-bond donors (Lipinski definition) is 2. The largest absolute Gasteiger partial charge is 0.507 e. The van der Waals surface area contributed by atoms with E-state index in [1.807, 2.05) is 0 Å². The maximum Gasteiger partial charge on any atom is 0.347 e. The second-order valence-electron chi connectivity index (χ2n) is 8.43. The SMILES string of the molecule is Cn1ccc(-c2ccc(-c3ccc(O[C@H]4CC5CCCC(N5)[C@H]4F)nn3)c(O)c2)nc1=O. The van der Waals surface area contributed by atoms with Crippen molar-refractivity contribution < 1.29 is 14.2 Å². The molecule has 32 heavy (non-hydrogen) atoms. The molecule has 8 nitrogen and oxygen atoms in total. The standard InChI is InChI=1S/C23H24FN5O3/c1-29-10-9-16(26-23(29)31)13-5-6-15(19(30)11-13)17-7-8-21(28-27-17)32-20-12-14-3-2-4-18(25-14)22(20)24/h5-11,14,18,20,22,25,30H,2-4,12H2,1H3/t14?,18?,20-,22+/m0/s1. The molecule has 4 atom stereocenters. The van der Waals surface area contributed by atoms with Gasteiger partial charge in [-0.1, -0.05) is 12.5 Å². The Bertz CT molecular complexity index is 1180. The van der Waals surface area contributed by atoms with E-state index in [2.05, 4.69) is 20.5 Å². The lowest BCUT2D eigenvalue weighted by atomic mass is 9.84. The van der Waals surface area contributed by atoms with Crippen molar-refractivity contribution in [2.24, 2.45) is 7.05 Å². The van der Waals surface area contributed by atoms with E-state index in [0.29, 0.717) is 28.9 Å². The highest BCUT2D eigenvalue weighted by Gasteiger charge is 2.41. The van der Waals surface area contributed by atoms with Gasteiger partial charge in [0.25, 0.3) is 0 Å². The van der Waals surface area contributed by atoms with Crippen LogP contribution in [-0.4, -0.2) is 49.2 Å². The molecular formula is C23H24FN5O3. The van der Waals surface area contributed by atoms with E-state index in [1.165, 1.54) is 10.6 Å². The molecule has 3 aromatic rings. The van der Waals surface area contributed by atoms with E-state index in [4.69, 9.17) is 4.74 Å². The summed E-state index contributed by atoms with van der Waals surface area (Å²) in [5.41, 5.74) is 1.65. The van der Waals surface area contributed by atoms with Gasteiger partial charge in [-0.25, -0.2) is 9.18 Å². The van der Waals surface area contributed by atoms with Gasteiger partial charge < -0.3 is 19.7 Å². The average Bonchev–Trinajstić information content (AvgIpc) is 2.80. The van der Waals surface area contributed by atoms with Gasteiger partial charge in [0.05, 0.1) is 11.4 Å². The number of piperidine rings is 2. The van der Waals surface area contributed by atoms with Crippen LogP contribution in [0.1, 0.15) is 25.7 Å². The molecule has 5 rings (SSSR count). The summed E-state index contributed by atoms with van der Waals surface area (Å²) >= 11 is 0. The molecule has 2 saturated heterocycles. The molecule has 4 heterocycles. The van der Waals surface area contributed by atoms with Crippen LogP contribution in [-0.2, 0) is 7.05 Å². The number of benzene rings is 1. The summed E-state index contributed by atoms with van der Waals surface area (Å²) in [6.45, 7) is 0. The van der Waals surface area contributed by atoms with Crippen molar-refractivity contribution in [2.45, 2.75) is 50.0 Å². The van der Waals surface area contributed by atoms with Gasteiger partial charge in [0, 0.05) is 48.9 Å². The number of ether oxygens (including phenoxy) is 1. The van der Waals surface area contributed by atoms with E-state index in [9.17, 15) is 14.3 Å². The van der Waals surface area contributed by atoms with E-state index in [-0.39, 0.29) is 29.4 Å². The second kappa shape index (κ2) is 8.31. The summed E-state index contributed by atoms with van der Waals surface area (Å²) in [7, 11) is 1.62. The number of alkyl halides is 1. The predicted octanol–water partition coefficient (Wildman–Crippen LogP) is 2.61. The number of phenols is 1. The normalized spacial score (nSPS) is 24.8. The monoisotopic (exact) mass is 437 g/mol. The molecule has 2 N–H and O–H groups in total. The molecule has 2 aliphatic heterocycles. The summed E-state index contributed by atoms with van der Waals surface area (Å²) in [5, 5.41) is 22.1. The molecule has 0 amide bonds. The molecule has 2 fully saturated rings. The maximum atomic E-state index is 14.7. The number of nitrogens with one attached hydrogen (secondary N) is 1. The molecule has 0 spiro atoms. The van der Waals surface area contributed by atoms with Crippen LogP contribution in [0.4, 0.5) is 4.39 Å². The summed E-state index contributed by atoms with van der Waals surface area (Å²) in [5.74, 6) is 0.254. The predicted molar refractivity (Wildman–Crippen MR) is 116 cm³/mol. The fourth-order valence-electron chi connectivity index (χ4n) is 4.49. The van der Waals surface area contributed by atoms with Crippen molar-refractivity contribution >= 4 is 0 Å². The first-order valence-electron chi connectivity index (χ1n) is 10.8. The number of nitrogens with zero attached hydrogens (tertiary/aromatic N) is 4. The Kier molecular flexibility index (Phi) is 5.34. The van der Waals surface area contributed by atoms with Crippen molar-refractivity contribution in [3.8, 4) is 34.1 Å². The first kappa shape index (κ1) is 20.6. The number of hydrogen-bond acceptors (Lipinski definition) is 7. The van der Waals surface area contributed by atoms with Gasteiger partial charge in [-0.15, -0.1) is 10.2 Å².